The number of hydrogen-bond donors (Lipinski definition) is 1. The van der Waals surface area contributed by atoms with E-state index in [1.54, 1.807) is 18.2 Å². The van der Waals surface area contributed by atoms with E-state index in [0.717, 1.165) is 4.68 Å². The molecular weight excluding hydrogens is 311 g/mol. The van der Waals surface area contributed by atoms with E-state index >= 15 is 0 Å². The number of rotatable bonds is 2. The van der Waals surface area contributed by atoms with Gasteiger partial charge in [-0.2, -0.15) is 18.3 Å². The number of alkyl halides is 3. The molecule has 8 heteroatoms. The minimum absolute atomic E-state index is 0.209. The SMILES string of the molecule is Cn1nc(-c2cccc3cnccc23)c(C(F)(F)F)c1C(=O)O. The van der Waals surface area contributed by atoms with Crippen LogP contribution in [-0.4, -0.2) is 25.8 Å². The summed E-state index contributed by atoms with van der Waals surface area (Å²) in [5, 5.41) is 14.1. The number of pyridine rings is 1. The highest BCUT2D eigenvalue weighted by atomic mass is 19.4. The number of benzene rings is 1. The number of nitrogens with zero attached hydrogens (tertiary/aromatic N) is 3. The number of aromatic nitrogens is 3. The normalized spacial score (nSPS) is 11.8. The Morgan fingerprint density at radius 3 is 2.65 bits per heavy atom. The van der Waals surface area contributed by atoms with Gasteiger partial charge in [-0.15, -0.1) is 0 Å². The first kappa shape index (κ1) is 15.0. The predicted octanol–water partition coefficient (Wildman–Crippen LogP) is 3.35. The van der Waals surface area contributed by atoms with Crippen molar-refractivity contribution in [3.8, 4) is 11.3 Å². The van der Waals surface area contributed by atoms with Gasteiger partial charge >= 0.3 is 12.1 Å². The number of fused-ring (bicyclic) bond motifs is 1. The van der Waals surface area contributed by atoms with E-state index < -0.39 is 29.1 Å². The maximum absolute atomic E-state index is 13.4. The molecular formula is C15H10F3N3O2. The Labute approximate surface area is 128 Å². The first-order valence-corrected chi connectivity index (χ1v) is 6.51. The van der Waals surface area contributed by atoms with Crippen molar-refractivity contribution in [3.63, 3.8) is 0 Å². The van der Waals surface area contributed by atoms with Crippen LogP contribution >= 0.6 is 0 Å². The number of aromatic carboxylic acids is 1. The van der Waals surface area contributed by atoms with Gasteiger partial charge in [0, 0.05) is 30.4 Å². The van der Waals surface area contributed by atoms with E-state index in [9.17, 15) is 18.0 Å². The molecule has 118 valence electrons. The molecule has 0 bridgehead atoms. The average molecular weight is 321 g/mol. The molecule has 0 radical (unpaired) electrons. The lowest BCUT2D eigenvalue weighted by molar-refractivity contribution is -0.137. The lowest BCUT2D eigenvalue weighted by Crippen LogP contribution is -2.14. The standard InChI is InChI=1S/C15H10F3N3O2/c1-21-13(14(22)23)11(15(16,17)18)12(20-21)10-4-2-3-8-7-19-6-5-9(8)10/h2-7H,1H3,(H,22,23). The van der Waals surface area contributed by atoms with Gasteiger partial charge in [-0.05, 0) is 11.5 Å². The molecule has 0 aliphatic heterocycles. The number of halogens is 3. The largest absolute Gasteiger partial charge is 0.477 e. The third-order valence-corrected chi connectivity index (χ3v) is 3.47. The molecule has 1 N–H and O–H groups in total. The fourth-order valence-electron chi connectivity index (χ4n) is 2.56. The molecule has 0 saturated carbocycles. The highest BCUT2D eigenvalue weighted by Gasteiger charge is 2.42. The monoisotopic (exact) mass is 321 g/mol. The lowest BCUT2D eigenvalue weighted by Gasteiger charge is -2.10. The smallest absolute Gasteiger partial charge is 0.420 e. The van der Waals surface area contributed by atoms with Gasteiger partial charge in [-0.25, -0.2) is 4.79 Å². The summed E-state index contributed by atoms with van der Waals surface area (Å²) >= 11 is 0. The molecule has 23 heavy (non-hydrogen) atoms. The topological polar surface area (TPSA) is 68.0 Å². The van der Waals surface area contributed by atoms with Crippen molar-refractivity contribution in [2.75, 3.05) is 0 Å². The highest BCUT2D eigenvalue weighted by molar-refractivity contribution is 5.98. The molecule has 5 nitrogen and oxygen atoms in total. The molecule has 0 saturated heterocycles. The Balaban J connectivity index is 2.40. The zero-order valence-electron chi connectivity index (χ0n) is 11.8. The first-order valence-electron chi connectivity index (χ1n) is 6.51. The quantitative estimate of drug-likeness (QED) is 0.786. The van der Waals surface area contributed by atoms with Crippen LogP contribution in [0.25, 0.3) is 22.0 Å². The zero-order valence-corrected chi connectivity index (χ0v) is 11.8. The van der Waals surface area contributed by atoms with Gasteiger partial charge < -0.3 is 5.11 Å². The summed E-state index contributed by atoms with van der Waals surface area (Å²) in [6.45, 7) is 0. The highest BCUT2D eigenvalue weighted by Crippen LogP contribution is 2.40. The molecule has 0 atom stereocenters. The Morgan fingerprint density at radius 2 is 2.00 bits per heavy atom. The maximum Gasteiger partial charge on any atom is 0.420 e. The molecule has 2 aromatic heterocycles. The summed E-state index contributed by atoms with van der Waals surface area (Å²) in [5.41, 5.74) is -2.34. The van der Waals surface area contributed by atoms with Crippen molar-refractivity contribution in [1.29, 1.82) is 0 Å². The Hall–Kier alpha value is -2.90. The second-order valence-corrected chi connectivity index (χ2v) is 4.90. The van der Waals surface area contributed by atoms with Gasteiger partial charge in [-0.3, -0.25) is 9.67 Å². The molecule has 2 heterocycles. The third kappa shape index (κ3) is 2.41. The second kappa shape index (κ2) is 5.08. The molecule has 0 amide bonds. The van der Waals surface area contributed by atoms with E-state index in [4.69, 9.17) is 5.11 Å². The average Bonchev–Trinajstić information content (AvgIpc) is 2.84. The van der Waals surface area contributed by atoms with E-state index in [1.165, 1.54) is 25.5 Å². The Kier molecular flexibility index (Phi) is 3.32. The summed E-state index contributed by atoms with van der Waals surface area (Å²) < 4.78 is 41.1. The van der Waals surface area contributed by atoms with E-state index in [1.807, 2.05) is 0 Å². The fraction of sp³-hybridized carbons (Fsp3) is 0.133. The molecule has 1 aromatic carbocycles. The van der Waals surface area contributed by atoms with Crippen LogP contribution in [0.4, 0.5) is 13.2 Å². The number of carboxylic acids is 1. The van der Waals surface area contributed by atoms with Crippen LogP contribution in [0, 0.1) is 0 Å². The Bertz CT molecular complexity index is 911. The minimum Gasteiger partial charge on any atom is -0.477 e. The summed E-state index contributed by atoms with van der Waals surface area (Å²) in [4.78, 5) is 15.2. The summed E-state index contributed by atoms with van der Waals surface area (Å²) in [6, 6.07) is 6.33. The summed E-state index contributed by atoms with van der Waals surface area (Å²) in [5.74, 6) is -1.68. The maximum atomic E-state index is 13.4. The van der Waals surface area contributed by atoms with E-state index in [-0.39, 0.29) is 5.56 Å². The predicted molar refractivity (Wildman–Crippen MR) is 75.9 cm³/mol. The van der Waals surface area contributed by atoms with Gasteiger partial charge in [0.1, 0.15) is 11.3 Å². The number of carbonyl (C=O) groups is 1. The fourth-order valence-corrected chi connectivity index (χ4v) is 2.56. The molecule has 0 aliphatic rings. The van der Waals surface area contributed by atoms with E-state index in [0.29, 0.717) is 10.8 Å². The van der Waals surface area contributed by atoms with Gasteiger partial charge in [0.2, 0.25) is 0 Å². The van der Waals surface area contributed by atoms with Crippen LogP contribution in [0.5, 0.6) is 0 Å². The number of hydrogen-bond acceptors (Lipinski definition) is 3. The summed E-state index contributed by atoms with van der Waals surface area (Å²) in [6.07, 6.45) is -1.86. The van der Waals surface area contributed by atoms with Crippen molar-refractivity contribution in [2.45, 2.75) is 6.18 Å². The lowest BCUT2D eigenvalue weighted by atomic mass is 10.00. The van der Waals surface area contributed by atoms with Crippen molar-refractivity contribution < 1.29 is 23.1 Å². The van der Waals surface area contributed by atoms with Crippen molar-refractivity contribution in [3.05, 3.63) is 47.9 Å². The van der Waals surface area contributed by atoms with E-state index in [2.05, 4.69) is 10.1 Å². The second-order valence-electron chi connectivity index (χ2n) is 4.90. The molecule has 3 rings (SSSR count). The molecule has 0 spiro atoms. The van der Waals surface area contributed by atoms with Crippen LogP contribution < -0.4 is 0 Å². The van der Waals surface area contributed by atoms with Crippen LogP contribution in [0.3, 0.4) is 0 Å². The van der Waals surface area contributed by atoms with Crippen LogP contribution in [0.1, 0.15) is 16.1 Å². The first-order chi connectivity index (χ1) is 10.8. The van der Waals surface area contributed by atoms with Crippen molar-refractivity contribution in [1.82, 2.24) is 14.8 Å². The number of carboxylic acid groups (broad SMARTS) is 1. The van der Waals surface area contributed by atoms with Crippen LogP contribution in [0.15, 0.2) is 36.7 Å². The van der Waals surface area contributed by atoms with Crippen LogP contribution in [0.2, 0.25) is 0 Å². The third-order valence-electron chi connectivity index (χ3n) is 3.47. The van der Waals surface area contributed by atoms with Crippen molar-refractivity contribution >= 4 is 16.7 Å². The molecule has 0 fully saturated rings. The van der Waals surface area contributed by atoms with Gasteiger partial charge in [0.25, 0.3) is 0 Å². The zero-order chi connectivity index (χ0) is 16.8. The number of aryl methyl sites for hydroxylation is 1. The van der Waals surface area contributed by atoms with Crippen LogP contribution in [-0.2, 0) is 13.2 Å². The minimum atomic E-state index is -4.84. The molecule has 0 unspecified atom stereocenters. The summed E-state index contributed by atoms with van der Waals surface area (Å²) in [7, 11) is 1.18. The molecule has 0 aliphatic carbocycles. The van der Waals surface area contributed by atoms with Gasteiger partial charge in [0.05, 0.1) is 0 Å². The van der Waals surface area contributed by atoms with Gasteiger partial charge in [-0.1, -0.05) is 18.2 Å². The van der Waals surface area contributed by atoms with Gasteiger partial charge in [0.15, 0.2) is 5.69 Å². The Morgan fingerprint density at radius 1 is 1.26 bits per heavy atom. The van der Waals surface area contributed by atoms with Crippen molar-refractivity contribution in [2.24, 2.45) is 7.05 Å². The molecule has 3 aromatic rings.